The maximum atomic E-state index is 13.2. The van der Waals surface area contributed by atoms with Crippen molar-refractivity contribution in [3.63, 3.8) is 0 Å². The minimum atomic E-state index is -0.0155. The molecule has 7 heteroatoms. The molecule has 1 unspecified atom stereocenters. The summed E-state index contributed by atoms with van der Waals surface area (Å²) in [4.78, 5) is 24.5. The summed E-state index contributed by atoms with van der Waals surface area (Å²) in [7, 11) is 0. The number of halogens is 1. The zero-order valence-corrected chi connectivity index (χ0v) is 17.2. The number of hydrogen-bond donors (Lipinski definition) is 0. The van der Waals surface area contributed by atoms with Crippen molar-refractivity contribution in [2.24, 2.45) is 0 Å². The second-order valence-electron chi connectivity index (χ2n) is 6.72. The highest BCUT2D eigenvalue weighted by molar-refractivity contribution is 7.18. The lowest BCUT2D eigenvalue weighted by molar-refractivity contribution is 0.0730. The molecule has 1 fully saturated rings. The molecular formula is C21H16ClN3OS2. The van der Waals surface area contributed by atoms with Crippen LogP contribution in [0.4, 0.5) is 0 Å². The first-order valence-electron chi connectivity index (χ1n) is 9.07. The van der Waals surface area contributed by atoms with Gasteiger partial charge < -0.3 is 4.90 Å². The van der Waals surface area contributed by atoms with Crippen LogP contribution in [0.25, 0.3) is 20.8 Å². The molecule has 0 aliphatic carbocycles. The molecule has 0 spiro atoms. The number of benzene rings is 2. The van der Waals surface area contributed by atoms with Gasteiger partial charge >= 0.3 is 0 Å². The van der Waals surface area contributed by atoms with Crippen molar-refractivity contribution >= 4 is 50.4 Å². The smallest absolute Gasteiger partial charge is 0.273 e. The summed E-state index contributed by atoms with van der Waals surface area (Å²) in [5.74, 6) is -0.0155. The van der Waals surface area contributed by atoms with Gasteiger partial charge in [0.2, 0.25) is 0 Å². The number of nitrogens with zero attached hydrogens (tertiary/aromatic N) is 3. The summed E-state index contributed by atoms with van der Waals surface area (Å²) >= 11 is 9.12. The Morgan fingerprint density at radius 3 is 2.75 bits per heavy atom. The van der Waals surface area contributed by atoms with Crippen molar-refractivity contribution in [3.8, 4) is 10.6 Å². The van der Waals surface area contributed by atoms with Gasteiger partial charge in [-0.05, 0) is 37.1 Å². The van der Waals surface area contributed by atoms with Crippen molar-refractivity contribution in [1.29, 1.82) is 0 Å². The van der Waals surface area contributed by atoms with E-state index in [1.807, 2.05) is 52.7 Å². The fourth-order valence-electron chi connectivity index (χ4n) is 3.54. The van der Waals surface area contributed by atoms with E-state index in [1.165, 1.54) is 11.3 Å². The van der Waals surface area contributed by atoms with Gasteiger partial charge in [-0.1, -0.05) is 35.9 Å². The fourth-order valence-corrected chi connectivity index (χ4v) is 5.58. The van der Waals surface area contributed by atoms with E-state index in [1.54, 1.807) is 11.3 Å². The quantitative estimate of drug-likeness (QED) is 0.401. The van der Waals surface area contributed by atoms with Crippen molar-refractivity contribution in [2.75, 3.05) is 6.54 Å². The molecule has 3 heterocycles. The van der Waals surface area contributed by atoms with Crippen LogP contribution in [0.5, 0.6) is 0 Å². The third-order valence-corrected chi connectivity index (χ3v) is 7.20. The van der Waals surface area contributed by atoms with E-state index < -0.39 is 0 Å². The maximum absolute atomic E-state index is 13.2. The summed E-state index contributed by atoms with van der Waals surface area (Å²) in [5.41, 5.74) is 2.47. The number of fused-ring (bicyclic) bond motifs is 1. The first kappa shape index (κ1) is 17.8. The average Bonchev–Trinajstić information content (AvgIpc) is 3.46. The third-order valence-electron chi connectivity index (χ3n) is 4.92. The number of rotatable bonds is 3. The molecule has 0 N–H and O–H groups in total. The second-order valence-corrected chi connectivity index (χ2v) is 9.08. The fraction of sp³-hybridized carbons (Fsp3) is 0.190. The van der Waals surface area contributed by atoms with Crippen molar-refractivity contribution in [1.82, 2.24) is 14.9 Å². The topological polar surface area (TPSA) is 46.1 Å². The SMILES string of the molecule is O=C(c1csc(-c2ccc(Cl)cc2)n1)N1CCCC1c1nc2ccccc2s1. The first-order valence-corrected chi connectivity index (χ1v) is 11.1. The first-order chi connectivity index (χ1) is 13.7. The number of para-hydroxylation sites is 1. The van der Waals surface area contributed by atoms with Gasteiger partial charge in [0.05, 0.1) is 16.3 Å². The lowest BCUT2D eigenvalue weighted by atomic mass is 10.2. The molecule has 140 valence electrons. The Balaban J connectivity index is 1.42. The molecule has 1 aliphatic heterocycles. The number of hydrogen-bond acceptors (Lipinski definition) is 5. The van der Waals surface area contributed by atoms with Gasteiger partial charge in [-0.3, -0.25) is 4.79 Å². The van der Waals surface area contributed by atoms with Gasteiger partial charge in [-0.25, -0.2) is 9.97 Å². The van der Waals surface area contributed by atoms with Crippen LogP contribution < -0.4 is 0 Å². The van der Waals surface area contributed by atoms with Crippen LogP contribution in [0.2, 0.25) is 5.02 Å². The van der Waals surface area contributed by atoms with Crippen LogP contribution in [0.15, 0.2) is 53.9 Å². The van der Waals surface area contributed by atoms with Gasteiger partial charge in [0, 0.05) is 22.5 Å². The lowest BCUT2D eigenvalue weighted by Gasteiger charge is -2.22. The Bertz CT molecular complexity index is 1120. The van der Waals surface area contributed by atoms with Crippen LogP contribution in [0.3, 0.4) is 0 Å². The van der Waals surface area contributed by atoms with E-state index in [-0.39, 0.29) is 11.9 Å². The van der Waals surface area contributed by atoms with E-state index in [2.05, 4.69) is 11.1 Å². The van der Waals surface area contributed by atoms with Crippen LogP contribution in [0.1, 0.15) is 34.4 Å². The summed E-state index contributed by atoms with van der Waals surface area (Å²) in [6, 6.07) is 15.7. The van der Waals surface area contributed by atoms with E-state index in [9.17, 15) is 4.79 Å². The standard InChI is InChI=1S/C21H16ClN3OS2/c22-14-9-7-13(8-10-14)19-24-16(12-27-19)21(26)25-11-3-5-17(25)20-23-15-4-1-2-6-18(15)28-20/h1-2,4,6-10,12,17H,3,5,11H2. The number of amides is 1. The van der Waals surface area contributed by atoms with Crippen LogP contribution in [-0.2, 0) is 0 Å². The maximum Gasteiger partial charge on any atom is 0.273 e. The Morgan fingerprint density at radius 1 is 1.11 bits per heavy atom. The summed E-state index contributed by atoms with van der Waals surface area (Å²) in [6.07, 6.45) is 1.93. The van der Waals surface area contributed by atoms with E-state index in [0.717, 1.165) is 45.2 Å². The van der Waals surface area contributed by atoms with E-state index in [4.69, 9.17) is 16.6 Å². The summed E-state index contributed by atoms with van der Waals surface area (Å²) < 4.78 is 1.16. The lowest BCUT2D eigenvalue weighted by Crippen LogP contribution is -2.30. The third kappa shape index (κ3) is 3.21. The number of likely N-dealkylation sites (tertiary alicyclic amines) is 1. The second kappa shape index (κ2) is 7.28. The highest BCUT2D eigenvalue weighted by Crippen LogP contribution is 2.37. The molecule has 0 saturated carbocycles. The molecule has 1 saturated heterocycles. The Hall–Kier alpha value is -2.28. The van der Waals surface area contributed by atoms with Gasteiger partial charge in [-0.15, -0.1) is 22.7 Å². The number of thiazole rings is 2. The van der Waals surface area contributed by atoms with Crippen molar-refractivity contribution < 1.29 is 4.79 Å². The van der Waals surface area contributed by atoms with E-state index >= 15 is 0 Å². The van der Waals surface area contributed by atoms with Crippen LogP contribution in [-0.4, -0.2) is 27.3 Å². The van der Waals surface area contributed by atoms with Gasteiger partial charge in [0.25, 0.3) is 5.91 Å². The average molecular weight is 426 g/mol. The molecular weight excluding hydrogens is 410 g/mol. The zero-order chi connectivity index (χ0) is 19.1. The normalized spacial score (nSPS) is 16.8. The molecule has 2 aromatic carbocycles. The molecule has 1 atom stereocenters. The molecule has 0 radical (unpaired) electrons. The molecule has 1 amide bonds. The Labute approximate surface area is 175 Å². The molecule has 2 aromatic heterocycles. The summed E-state index contributed by atoms with van der Waals surface area (Å²) in [6.45, 7) is 0.743. The number of carbonyl (C=O) groups is 1. The molecule has 1 aliphatic rings. The van der Waals surface area contributed by atoms with Crippen LogP contribution in [0, 0.1) is 0 Å². The predicted octanol–water partition coefficient (Wildman–Crippen LogP) is 6.05. The molecule has 0 bridgehead atoms. The summed E-state index contributed by atoms with van der Waals surface area (Å²) in [5, 5.41) is 4.38. The van der Waals surface area contributed by atoms with Crippen LogP contribution >= 0.6 is 34.3 Å². The molecule has 4 aromatic rings. The Morgan fingerprint density at radius 2 is 1.93 bits per heavy atom. The zero-order valence-electron chi connectivity index (χ0n) is 14.8. The Kier molecular flexibility index (Phi) is 4.62. The van der Waals surface area contributed by atoms with Crippen molar-refractivity contribution in [3.05, 3.63) is 69.6 Å². The van der Waals surface area contributed by atoms with Crippen molar-refractivity contribution in [2.45, 2.75) is 18.9 Å². The highest BCUT2D eigenvalue weighted by Gasteiger charge is 2.33. The largest absolute Gasteiger partial charge is 0.328 e. The highest BCUT2D eigenvalue weighted by atomic mass is 35.5. The molecule has 28 heavy (non-hydrogen) atoms. The number of carbonyl (C=O) groups excluding carboxylic acids is 1. The minimum absolute atomic E-state index is 0.0155. The predicted molar refractivity (Wildman–Crippen MR) is 115 cm³/mol. The number of aromatic nitrogens is 2. The molecule has 4 nitrogen and oxygen atoms in total. The molecule has 5 rings (SSSR count). The van der Waals surface area contributed by atoms with Gasteiger partial charge in [0.15, 0.2) is 0 Å². The van der Waals surface area contributed by atoms with Gasteiger partial charge in [0.1, 0.15) is 15.7 Å². The minimum Gasteiger partial charge on any atom is -0.328 e. The van der Waals surface area contributed by atoms with Gasteiger partial charge in [-0.2, -0.15) is 0 Å². The monoisotopic (exact) mass is 425 g/mol. The van der Waals surface area contributed by atoms with E-state index in [0.29, 0.717) is 10.7 Å².